The molecule has 6 heteroatoms. The summed E-state index contributed by atoms with van der Waals surface area (Å²) < 4.78 is 35.8. The molecule has 0 aliphatic rings. The highest BCUT2D eigenvalue weighted by Gasteiger charge is 2.12. The minimum absolute atomic E-state index is 0.0543. The van der Waals surface area contributed by atoms with E-state index in [1.807, 2.05) is 0 Å². The fourth-order valence-corrected chi connectivity index (χ4v) is 1.72. The molecule has 0 unspecified atom stereocenters. The van der Waals surface area contributed by atoms with E-state index >= 15 is 0 Å². The van der Waals surface area contributed by atoms with Crippen LogP contribution in [0.1, 0.15) is 24.8 Å². The number of unbranched alkanes of at least 4 members (excludes halogenated alkanes) is 1. The van der Waals surface area contributed by atoms with Gasteiger partial charge in [0.05, 0.1) is 13.2 Å². The van der Waals surface area contributed by atoms with Crippen molar-refractivity contribution in [3.05, 3.63) is 23.8 Å². The van der Waals surface area contributed by atoms with Crippen LogP contribution in [0.25, 0.3) is 0 Å². The number of rotatable bonds is 10. The Balaban J connectivity index is 2.25. The summed E-state index contributed by atoms with van der Waals surface area (Å²) in [6.45, 7) is 2.44. The molecular weight excluding hydrogens is 266 g/mol. The molecule has 3 N–H and O–H groups in total. The third kappa shape index (κ3) is 6.16. The van der Waals surface area contributed by atoms with E-state index < -0.39 is 6.43 Å². The lowest BCUT2D eigenvalue weighted by molar-refractivity contribution is 0.0691. The van der Waals surface area contributed by atoms with E-state index in [0.29, 0.717) is 37.7 Å². The summed E-state index contributed by atoms with van der Waals surface area (Å²) in [7, 11) is 1.63. The molecule has 114 valence electrons. The van der Waals surface area contributed by atoms with Crippen LogP contribution in [0.3, 0.4) is 0 Å². The molecule has 0 aliphatic carbocycles. The standard InChI is InChI=1S/C14H22F2N2O2/c1-19-8-9-20-7-3-2-6-18-13-5-4-11(17)10-12(13)14(15)16/h4-5,10,14,18H,2-3,6-9,17H2,1H3. The van der Waals surface area contributed by atoms with Gasteiger partial charge in [-0.2, -0.15) is 0 Å². The fourth-order valence-electron chi connectivity index (χ4n) is 1.72. The number of nitrogens with one attached hydrogen (secondary N) is 1. The summed E-state index contributed by atoms with van der Waals surface area (Å²) in [5.41, 5.74) is 6.24. The molecule has 0 saturated carbocycles. The van der Waals surface area contributed by atoms with Crippen LogP contribution in [0.15, 0.2) is 18.2 Å². The van der Waals surface area contributed by atoms with Crippen molar-refractivity contribution in [2.24, 2.45) is 0 Å². The maximum Gasteiger partial charge on any atom is 0.265 e. The van der Waals surface area contributed by atoms with Crippen LogP contribution in [0, 0.1) is 0 Å². The second-order valence-electron chi connectivity index (χ2n) is 4.39. The quantitative estimate of drug-likeness (QED) is 0.513. The molecule has 1 rings (SSSR count). The highest BCUT2D eigenvalue weighted by molar-refractivity contribution is 5.58. The van der Waals surface area contributed by atoms with E-state index in [1.54, 1.807) is 19.2 Å². The van der Waals surface area contributed by atoms with Gasteiger partial charge in [0.15, 0.2) is 0 Å². The average Bonchev–Trinajstić information content (AvgIpc) is 2.43. The van der Waals surface area contributed by atoms with Crippen molar-refractivity contribution in [2.75, 3.05) is 44.5 Å². The molecule has 20 heavy (non-hydrogen) atoms. The number of ether oxygens (including phenoxy) is 2. The van der Waals surface area contributed by atoms with Crippen molar-refractivity contribution in [2.45, 2.75) is 19.3 Å². The molecule has 4 nitrogen and oxygen atoms in total. The summed E-state index contributed by atoms with van der Waals surface area (Å²) in [4.78, 5) is 0. The Labute approximate surface area is 118 Å². The largest absolute Gasteiger partial charge is 0.399 e. The molecule has 0 aromatic heterocycles. The van der Waals surface area contributed by atoms with Gasteiger partial charge in [-0.15, -0.1) is 0 Å². The van der Waals surface area contributed by atoms with E-state index in [2.05, 4.69) is 5.32 Å². The van der Waals surface area contributed by atoms with Crippen molar-refractivity contribution in [1.82, 2.24) is 0 Å². The first-order valence-electron chi connectivity index (χ1n) is 6.63. The van der Waals surface area contributed by atoms with E-state index in [4.69, 9.17) is 15.2 Å². The number of nitrogens with two attached hydrogens (primary N) is 1. The Morgan fingerprint density at radius 3 is 2.70 bits per heavy atom. The van der Waals surface area contributed by atoms with Crippen LogP contribution in [-0.4, -0.2) is 33.5 Å². The van der Waals surface area contributed by atoms with Gasteiger partial charge in [0.2, 0.25) is 0 Å². The molecule has 0 atom stereocenters. The van der Waals surface area contributed by atoms with Crippen LogP contribution < -0.4 is 11.1 Å². The number of alkyl halides is 2. The van der Waals surface area contributed by atoms with Crippen LogP contribution in [0.4, 0.5) is 20.2 Å². The van der Waals surface area contributed by atoms with E-state index in [9.17, 15) is 8.78 Å². The molecule has 0 fully saturated rings. The van der Waals surface area contributed by atoms with Gasteiger partial charge in [-0.1, -0.05) is 0 Å². The molecule has 0 saturated heterocycles. The Morgan fingerprint density at radius 2 is 2.00 bits per heavy atom. The summed E-state index contributed by atoms with van der Waals surface area (Å²) in [6, 6.07) is 4.51. The first kappa shape index (κ1) is 16.7. The maximum absolute atomic E-state index is 12.8. The third-order valence-electron chi connectivity index (χ3n) is 2.77. The van der Waals surface area contributed by atoms with Gasteiger partial charge in [-0.05, 0) is 31.0 Å². The lowest BCUT2D eigenvalue weighted by atomic mass is 10.1. The topological polar surface area (TPSA) is 56.5 Å². The Morgan fingerprint density at radius 1 is 1.20 bits per heavy atom. The number of anilines is 2. The number of hydrogen-bond donors (Lipinski definition) is 2. The van der Waals surface area contributed by atoms with Crippen molar-refractivity contribution >= 4 is 11.4 Å². The highest BCUT2D eigenvalue weighted by atomic mass is 19.3. The maximum atomic E-state index is 12.8. The van der Waals surface area contributed by atoms with Gasteiger partial charge in [0.25, 0.3) is 6.43 Å². The van der Waals surface area contributed by atoms with E-state index in [-0.39, 0.29) is 5.56 Å². The second kappa shape index (κ2) is 9.50. The summed E-state index contributed by atoms with van der Waals surface area (Å²) in [6.07, 6.45) is -0.811. The molecule has 0 amide bonds. The van der Waals surface area contributed by atoms with Gasteiger partial charge in [0, 0.05) is 37.2 Å². The second-order valence-corrected chi connectivity index (χ2v) is 4.39. The number of nitrogen functional groups attached to an aromatic ring is 1. The highest BCUT2D eigenvalue weighted by Crippen LogP contribution is 2.28. The Hall–Kier alpha value is -1.40. The number of benzene rings is 1. The molecule has 0 radical (unpaired) electrons. The predicted octanol–water partition coefficient (Wildman–Crippen LogP) is 3.06. The van der Waals surface area contributed by atoms with Crippen LogP contribution in [-0.2, 0) is 9.47 Å². The van der Waals surface area contributed by atoms with Crippen molar-refractivity contribution in [3.63, 3.8) is 0 Å². The SMILES string of the molecule is COCCOCCCCNc1ccc(N)cc1C(F)F. The minimum Gasteiger partial charge on any atom is -0.399 e. The summed E-state index contributed by atoms with van der Waals surface area (Å²) in [5, 5.41) is 3.01. The average molecular weight is 288 g/mol. The van der Waals surface area contributed by atoms with Gasteiger partial charge < -0.3 is 20.5 Å². The number of halogens is 2. The normalized spacial score (nSPS) is 11.0. The molecule has 0 heterocycles. The van der Waals surface area contributed by atoms with Gasteiger partial charge in [0.1, 0.15) is 0 Å². The molecule has 1 aromatic carbocycles. The zero-order chi connectivity index (χ0) is 14.8. The Kier molecular flexibility index (Phi) is 7.91. The van der Waals surface area contributed by atoms with Crippen molar-refractivity contribution in [1.29, 1.82) is 0 Å². The molecule has 0 bridgehead atoms. The first-order valence-corrected chi connectivity index (χ1v) is 6.63. The predicted molar refractivity (Wildman–Crippen MR) is 76.2 cm³/mol. The van der Waals surface area contributed by atoms with Crippen molar-refractivity contribution in [3.8, 4) is 0 Å². The Bertz CT molecular complexity index is 389. The summed E-state index contributed by atoms with van der Waals surface area (Å²) >= 11 is 0. The summed E-state index contributed by atoms with van der Waals surface area (Å²) in [5.74, 6) is 0. The molecule has 0 spiro atoms. The van der Waals surface area contributed by atoms with E-state index in [0.717, 1.165) is 12.8 Å². The fraction of sp³-hybridized carbons (Fsp3) is 0.571. The van der Waals surface area contributed by atoms with Crippen LogP contribution in [0.5, 0.6) is 0 Å². The molecule has 1 aromatic rings. The van der Waals surface area contributed by atoms with Crippen LogP contribution in [0.2, 0.25) is 0 Å². The van der Waals surface area contributed by atoms with Gasteiger partial charge in [-0.25, -0.2) is 8.78 Å². The van der Waals surface area contributed by atoms with Crippen LogP contribution >= 0.6 is 0 Å². The molecule has 0 aliphatic heterocycles. The van der Waals surface area contributed by atoms with Crippen molar-refractivity contribution < 1.29 is 18.3 Å². The zero-order valence-electron chi connectivity index (χ0n) is 11.7. The van der Waals surface area contributed by atoms with Gasteiger partial charge in [-0.3, -0.25) is 0 Å². The lowest BCUT2D eigenvalue weighted by Crippen LogP contribution is -2.07. The first-order chi connectivity index (χ1) is 9.65. The smallest absolute Gasteiger partial charge is 0.265 e. The third-order valence-corrected chi connectivity index (χ3v) is 2.77. The van der Waals surface area contributed by atoms with Gasteiger partial charge >= 0.3 is 0 Å². The lowest BCUT2D eigenvalue weighted by Gasteiger charge is -2.12. The molecular formula is C14H22F2N2O2. The zero-order valence-corrected chi connectivity index (χ0v) is 11.7. The number of methoxy groups -OCH3 is 1. The minimum atomic E-state index is -2.53. The van der Waals surface area contributed by atoms with E-state index in [1.165, 1.54) is 6.07 Å². The monoisotopic (exact) mass is 288 g/mol. The number of hydrogen-bond acceptors (Lipinski definition) is 4.